The Morgan fingerprint density at radius 3 is 2.60 bits per heavy atom. The van der Waals surface area contributed by atoms with Crippen LogP contribution in [0.2, 0.25) is 0 Å². The van der Waals surface area contributed by atoms with Crippen molar-refractivity contribution in [3.8, 4) is 0 Å². The molecule has 0 aromatic carbocycles. The average Bonchev–Trinajstić information content (AvgIpc) is 2.79. The van der Waals surface area contributed by atoms with Gasteiger partial charge in [0.2, 0.25) is 0 Å². The molecule has 0 aliphatic rings. The monoisotopic (exact) mass is 284 g/mol. The minimum atomic E-state index is -1.04. The number of alkyl carbamates (subject to hydrolysis) is 1. The number of hydrogen-bond acceptors (Lipinski definition) is 5. The summed E-state index contributed by atoms with van der Waals surface area (Å²) in [7, 11) is 0. The molecule has 3 N–H and O–H groups in total. The number of furan rings is 1. The van der Waals surface area contributed by atoms with Gasteiger partial charge in [0.05, 0.1) is 6.26 Å². The third-order valence-corrected chi connectivity index (χ3v) is 2.22. The predicted molar refractivity (Wildman–Crippen MR) is 71.3 cm³/mol. The van der Waals surface area contributed by atoms with E-state index in [1.165, 1.54) is 6.26 Å². The highest BCUT2D eigenvalue weighted by Gasteiger charge is 2.21. The summed E-state index contributed by atoms with van der Waals surface area (Å²) in [5.74, 6) is -0.730. The van der Waals surface area contributed by atoms with Crippen molar-refractivity contribution in [2.24, 2.45) is 0 Å². The molecule has 1 atom stereocenters. The largest absolute Gasteiger partial charge is 0.480 e. The van der Waals surface area contributed by atoms with Crippen LogP contribution < -0.4 is 10.6 Å². The number of nitrogens with one attached hydrogen (secondary N) is 2. The zero-order chi connectivity index (χ0) is 15.2. The van der Waals surface area contributed by atoms with E-state index in [0.29, 0.717) is 5.76 Å². The number of amides is 1. The quantitative estimate of drug-likeness (QED) is 0.685. The first-order valence-electron chi connectivity index (χ1n) is 6.26. The van der Waals surface area contributed by atoms with Crippen LogP contribution in [0.5, 0.6) is 0 Å². The van der Waals surface area contributed by atoms with E-state index < -0.39 is 23.7 Å². The summed E-state index contributed by atoms with van der Waals surface area (Å²) in [6.07, 6.45) is 0.871. The van der Waals surface area contributed by atoms with Crippen LogP contribution in [0.1, 0.15) is 32.6 Å². The average molecular weight is 284 g/mol. The van der Waals surface area contributed by atoms with Gasteiger partial charge in [-0.3, -0.25) is 10.1 Å². The van der Waals surface area contributed by atoms with E-state index in [0.717, 1.165) is 0 Å². The van der Waals surface area contributed by atoms with E-state index >= 15 is 0 Å². The molecule has 0 aliphatic carbocycles. The summed E-state index contributed by atoms with van der Waals surface area (Å²) < 4.78 is 10.1. The van der Waals surface area contributed by atoms with Crippen LogP contribution in [0, 0.1) is 0 Å². The van der Waals surface area contributed by atoms with Gasteiger partial charge in [-0.1, -0.05) is 0 Å². The van der Waals surface area contributed by atoms with Crippen LogP contribution >= 0.6 is 0 Å². The van der Waals surface area contributed by atoms with Crippen molar-refractivity contribution in [2.75, 3.05) is 13.1 Å². The molecule has 0 unspecified atom stereocenters. The van der Waals surface area contributed by atoms with Crippen molar-refractivity contribution in [3.63, 3.8) is 0 Å². The fourth-order valence-corrected chi connectivity index (χ4v) is 1.46. The summed E-state index contributed by atoms with van der Waals surface area (Å²) >= 11 is 0. The van der Waals surface area contributed by atoms with E-state index in [4.69, 9.17) is 14.3 Å². The molecule has 1 heterocycles. The molecule has 0 radical (unpaired) electrons. The summed E-state index contributed by atoms with van der Waals surface area (Å²) in [6.45, 7) is 5.82. The zero-order valence-electron chi connectivity index (χ0n) is 11.8. The van der Waals surface area contributed by atoms with Gasteiger partial charge < -0.3 is 19.6 Å². The minimum absolute atomic E-state index is 0.249. The minimum Gasteiger partial charge on any atom is -0.480 e. The molecular formula is C13H20N2O5. The summed E-state index contributed by atoms with van der Waals surface area (Å²) in [5, 5.41) is 14.4. The molecule has 0 saturated heterocycles. The Bertz CT molecular complexity index is 436. The second-order valence-corrected chi connectivity index (χ2v) is 5.17. The van der Waals surface area contributed by atoms with Crippen molar-refractivity contribution >= 4 is 12.1 Å². The van der Waals surface area contributed by atoms with Gasteiger partial charge in [-0.05, 0) is 32.9 Å². The fraction of sp³-hybridized carbons (Fsp3) is 0.538. The number of carbonyl (C=O) groups excluding carboxylic acids is 1. The van der Waals surface area contributed by atoms with Crippen LogP contribution in [0.25, 0.3) is 0 Å². The molecule has 0 spiro atoms. The van der Waals surface area contributed by atoms with Crippen molar-refractivity contribution in [3.05, 3.63) is 24.2 Å². The number of aliphatic carboxylic acids is 1. The molecule has 7 heteroatoms. The Hall–Kier alpha value is -2.02. The highest BCUT2D eigenvalue weighted by atomic mass is 16.6. The Morgan fingerprint density at radius 2 is 2.10 bits per heavy atom. The van der Waals surface area contributed by atoms with E-state index in [9.17, 15) is 9.59 Å². The molecule has 1 amide bonds. The molecule has 20 heavy (non-hydrogen) atoms. The van der Waals surface area contributed by atoms with E-state index in [2.05, 4.69) is 10.6 Å². The number of rotatable bonds is 6. The summed E-state index contributed by atoms with van der Waals surface area (Å²) in [5.41, 5.74) is -0.560. The zero-order valence-corrected chi connectivity index (χ0v) is 11.8. The highest BCUT2D eigenvalue weighted by Crippen LogP contribution is 2.13. The molecule has 1 aromatic heterocycles. The SMILES string of the molecule is CC(C)(C)OC(=O)NCCN[C@@H](C(=O)O)c1ccco1. The third-order valence-electron chi connectivity index (χ3n) is 2.22. The van der Waals surface area contributed by atoms with Crippen LogP contribution in [0.3, 0.4) is 0 Å². The first-order valence-corrected chi connectivity index (χ1v) is 6.26. The normalized spacial score (nSPS) is 12.8. The number of carbonyl (C=O) groups is 2. The van der Waals surface area contributed by atoms with Gasteiger partial charge >= 0.3 is 12.1 Å². The summed E-state index contributed by atoms with van der Waals surface area (Å²) in [6, 6.07) is 2.25. The van der Waals surface area contributed by atoms with Gasteiger partial charge in [-0.2, -0.15) is 0 Å². The molecular weight excluding hydrogens is 264 g/mol. The van der Waals surface area contributed by atoms with E-state index in [1.807, 2.05) is 0 Å². The second-order valence-electron chi connectivity index (χ2n) is 5.17. The van der Waals surface area contributed by atoms with Gasteiger partial charge in [0.1, 0.15) is 11.4 Å². The van der Waals surface area contributed by atoms with Gasteiger partial charge in [-0.25, -0.2) is 4.79 Å². The van der Waals surface area contributed by atoms with Gasteiger partial charge in [0.25, 0.3) is 0 Å². The lowest BCUT2D eigenvalue weighted by atomic mass is 10.2. The molecule has 7 nitrogen and oxygen atoms in total. The first-order chi connectivity index (χ1) is 9.29. The van der Waals surface area contributed by atoms with Gasteiger partial charge in [0, 0.05) is 13.1 Å². The molecule has 0 aliphatic heterocycles. The van der Waals surface area contributed by atoms with Gasteiger partial charge in [-0.15, -0.1) is 0 Å². The fourth-order valence-electron chi connectivity index (χ4n) is 1.46. The number of carboxylic acid groups (broad SMARTS) is 1. The lowest BCUT2D eigenvalue weighted by Gasteiger charge is -2.20. The molecule has 1 aromatic rings. The van der Waals surface area contributed by atoms with Crippen molar-refractivity contribution in [1.29, 1.82) is 0 Å². The molecule has 112 valence electrons. The first kappa shape index (κ1) is 16.0. The van der Waals surface area contributed by atoms with Crippen LogP contribution in [0.15, 0.2) is 22.8 Å². The molecule has 1 rings (SSSR count). The summed E-state index contributed by atoms with van der Waals surface area (Å²) in [4.78, 5) is 22.4. The van der Waals surface area contributed by atoms with Gasteiger partial charge in [0.15, 0.2) is 6.04 Å². The molecule has 0 bridgehead atoms. The highest BCUT2D eigenvalue weighted by molar-refractivity contribution is 5.74. The number of ether oxygens (including phenoxy) is 1. The lowest BCUT2D eigenvalue weighted by molar-refractivity contribution is -0.140. The van der Waals surface area contributed by atoms with E-state index in [1.54, 1.807) is 32.9 Å². The van der Waals surface area contributed by atoms with Crippen LogP contribution in [-0.4, -0.2) is 35.9 Å². The van der Waals surface area contributed by atoms with Crippen LogP contribution in [-0.2, 0) is 9.53 Å². The maximum absolute atomic E-state index is 11.4. The molecule has 0 fully saturated rings. The Labute approximate surface area is 117 Å². The van der Waals surface area contributed by atoms with Crippen molar-refractivity contribution in [1.82, 2.24) is 10.6 Å². The maximum Gasteiger partial charge on any atom is 0.407 e. The smallest absolute Gasteiger partial charge is 0.407 e. The molecule has 0 saturated carbocycles. The van der Waals surface area contributed by atoms with Crippen molar-refractivity contribution < 1.29 is 23.8 Å². The van der Waals surface area contributed by atoms with E-state index in [-0.39, 0.29) is 13.1 Å². The third kappa shape index (κ3) is 5.75. The maximum atomic E-state index is 11.4. The van der Waals surface area contributed by atoms with Crippen molar-refractivity contribution in [2.45, 2.75) is 32.4 Å². The van der Waals surface area contributed by atoms with Crippen LogP contribution in [0.4, 0.5) is 4.79 Å². The second kappa shape index (κ2) is 6.95. The Morgan fingerprint density at radius 1 is 1.40 bits per heavy atom. The standard InChI is InChI=1S/C13H20N2O5/c1-13(2,3)20-12(18)15-7-6-14-10(11(16)17)9-5-4-8-19-9/h4-5,8,10,14H,6-7H2,1-3H3,(H,15,18)(H,16,17)/t10-/m1/s1. The predicted octanol–water partition coefficient (Wildman–Crippen LogP) is 1.52. The Kier molecular flexibility index (Phi) is 5.57. The Balaban J connectivity index is 2.32. The topological polar surface area (TPSA) is 101 Å². The number of carboxylic acids is 1. The number of hydrogen-bond donors (Lipinski definition) is 3. The lowest BCUT2D eigenvalue weighted by Crippen LogP contribution is -2.38.